The van der Waals surface area contributed by atoms with Crippen molar-refractivity contribution in [2.45, 2.75) is 32.6 Å². The molecule has 0 amide bonds. The van der Waals surface area contributed by atoms with Crippen LogP contribution in [0.15, 0.2) is 0 Å². The van der Waals surface area contributed by atoms with Crippen LogP contribution in [0, 0.1) is 5.41 Å². The summed E-state index contributed by atoms with van der Waals surface area (Å²) in [5.74, 6) is 1.09. The third-order valence-corrected chi connectivity index (χ3v) is 4.98. The SMILES string of the molecule is CCCN1CCN(CC2(CS)CCC2)CC1. The van der Waals surface area contributed by atoms with E-state index in [1.165, 1.54) is 65.0 Å². The molecule has 0 bridgehead atoms. The molecule has 1 aliphatic carbocycles. The van der Waals surface area contributed by atoms with E-state index in [0.717, 1.165) is 5.75 Å². The van der Waals surface area contributed by atoms with E-state index in [-0.39, 0.29) is 0 Å². The standard InChI is InChI=1S/C13H26N2S/c1-2-6-14-7-9-15(10-8-14)11-13(12-16)4-3-5-13/h16H,2-12H2,1H3. The molecular formula is C13H26N2S. The average molecular weight is 242 g/mol. The van der Waals surface area contributed by atoms with Gasteiger partial charge in [0.1, 0.15) is 0 Å². The van der Waals surface area contributed by atoms with Crippen molar-refractivity contribution in [1.82, 2.24) is 9.80 Å². The van der Waals surface area contributed by atoms with Gasteiger partial charge in [0.15, 0.2) is 0 Å². The van der Waals surface area contributed by atoms with E-state index >= 15 is 0 Å². The molecule has 0 unspecified atom stereocenters. The van der Waals surface area contributed by atoms with Crippen LogP contribution in [0.1, 0.15) is 32.6 Å². The van der Waals surface area contributed by atoms with Gasteiger partial charge < -0.3 is 9.80 Å². The number of hydrogen-bond acceptors (Lipinski definition) is 3. The number of piperazine rings is 1. The zero-order chi connectivity index (χ0) is 11.4. The van der Waals surface area contributed by atoms with Gasteiger partial charge >= 0.3 is 0 Å². The summed E-state index contributed by atoms with van der Waals surface area (Å²) in [4.78, 5) is 5.27. The van der Waals surface area contributed by atoms with Crippen molar-refractivity contribution >= 4 is 12.6 Å². The van der Waals surface area contributed by atoms with Crippen LogP contribution in [0.5, 0.6) is 0 Å². The molecule has 0 spiro atoms. The molecule has 1 heterocycles. The zero-order valence-corrected chi connectivity index (χ0v) is 11.5. The molecular weight excluding hydrogens is 216 g/mol. The van der Waals surface area contributed by atoms with Gasteiger partial charge in [0.2, 0.25) is 0 Å². The van der Waals surface area contributed by atoms with Gasteiger partial charge in [0.25, 0.3) is 0 Å². The maximum absolute atomic E-state index is 4.55. The van der Waals surface area contributed by atoms with Crippen molar-refractivity contribution in [1.29, 1.82) is 0 Å². The lowest BCUT2D eigenvalue weighted by atomic mass is 9.70. The van der Waals surface area contributed by atoms with Crippen molar-refractivity contribution in [2.24, 2.45) is 5.41 Å². The second-order valence-electron chi connectivity index (χ2n) is 5.63. The molecule has 0 aromatic carbocycles. The highest BCUT2D eigenvalue weighted by Crippen LogP contribution is 2.42. The molecule has 0 radical (unpaired) electrons. The Bertz CT molecular complexity index is 202. The Hall–Kier alpha value is 0.270. The maximum Gasteiger partial charge on any atom is 0.0110 e. The summed E-state index contributed by atoms with van der Waals surface area (Å²) in [7, 11) is 0. The number of rotatable bonds is 5. The van der Waals surface area contributed by atoms with Crippen LogP contribution in [0.2, 0.25) is 0 Å². The van der Waals surface area contributed by atoms with Gasteiger partial charge in [-0.15, -0.1) is 0 Å². The quantitative estimate of drug-likeness (QED) is 0.738. The topological polar surface area (TPSA) is 6.48 Å². The van der Waals surface area contributed by atoms with Gasteiger partial charge in [-0.25, -0.2) is 0 Å². The van der Waals surface area contributed by atoms with Crippen molar-refractivity contribution in [3.63, 3.8) is 0 Å². The average Bonchev–Trinajstić information content (AvgIpc) is 2.26. The molecule has 0 aromatic rings. The van der Waals surface area contributed by atoms with Crippen LogP contribution in [-0.2, 0) is 0 Å². The van der Waals surface area contributed by atoms with E-state index in [2.05, 4.69) is 29.4 Å². The minimum Gasteiger partial charge on any atom is -0.301 e. The summed E-state index contributed by atoms with van der Waals surface area (Å²) in [6.45, 7) is 9.96. The van der Waals surface area contributed by atoms with Crippen LogP contribution < -0.4 is 0 Å². The van der Waals surface area contributed by atoms with Gasteiger partial charge in [-0.1, -0.05) is 13.3 Å². The van der Waals surface area contributed by atoms with Crippen LogP contribution in [0.4, 0.5) is 0 Å². The van der Waals surface area contributed by atoms with E-state index in [1.807, 2.05) is 0 Å². The Morgan fingerprint density at radius 1 is 1.06 bits per heavy atom. The second kappa shape index (κ2) is 5.74. The predicted molar refractivity (Wildman–Crippen MR) is 73.3 cm³/mol. The summed E-state index contributed by atoms with van der Waals surface area (Å²) < 4.78 is 0. The lowest BCUT2D eigenvalue weighted by molar-refractivity contribution is 0.0539. The minimum absolute atomic E-state index is 0.579. The fourth-order valence-electron chi connectivity index (χ4n) is 3.00. The van der Waals surface area contributed by atoms with Crippen molar-refractivity contribution in [3.05, 3.63) is 0 Å². The fourth-order valence-corrected chi connectivity index (χ4v) is 3.42. The number of nitrogens with zero attached hydrogens (tertiary/aromatic N) is 2. The minimum atomic E-state index is 0.579. The van der Waals surface area contributed by atoms with E-state index in [9.17, 15) is 0 Å². The third-order valence-electron chi connectivity index (χ3n) is 4.31. The number of thiol groups is 1. The van der Waals surface area contributed by atoms with Gasteiger partial charge in [-0.05, 0) is 37.0 Å². The maximum atomic E-state index is 4.55. The van der Waals surface area contributed by atoms with Crippen LogP contribution in [0.25, 0.3) is 0 Å². The molecule has 0 atom stereocenters. The van der Waals surface area contributed by atoms with Gasteiger partial charge in [0.05, 0.1) is 0 Å². The van der Waals surface area contributed by atoms with Gasteiger partial charge in [0, 0.05) is 32.7 Å². The molecule has 1 saturated heterocycles. The molecule has 2 fully saturated rings. The summed E-state index contributed by atoms with van der Waals surface area (Å²) in [6.07, 6.45) is 5.54. The van der Waals surface area contributed by atoms with Crippen LogP contribution in [-0.4, -0.2) is 54.8 Å². The lowest BCUT2D eigenvalue weighted by Gasteiger charge is -2.46. The van der Waals surface area contributed by atoms with Crippen molar-refractivity contribution in [2.75, 3.05) is 45.0 Å². The van der Waals surface area contributed by atoms with Crippen molar-refractivity contribution in [3.8, 4) is 0 Å². The Kier molecular flexibility index (Phi) is 4.57. The van der Waals surface area contributed by atoms with Crippen LogP contribution >= 0.6 is 12.6 Å². The zero-order valence-electron chi connectivity index (χ0n) is 10.6. The van der Waals surface area contributed by atoms with E-state index in [1.54, 1.807) is 0 Å². The highest BCUT2D eigenvalue weighted by molar-refractivity contribution is 7.80. The molecule has 1 saturated carbocycles. The first kappa shape index (κ1) is 12.7. The first-order valence-corrected chi connectivity index (χ1v) is 7.47. The highest BCUT2D eigenvalue weighted by atomic mass is 32.1. The fraction of sp³-hybridized carbons (Fsp3) is 1.00. The molecule has 1 aliphatic heterocycles. The summed E-state index contributed by atoms with van der Waals surface area (Å²) >= 11 is 4.55. The summed E-state index contributed by atoms with van der Waals surface area (Å²) in [5, 5.41) is 0. The smallest absolute Gasteiger partial charge is 0.0110 e. The summed E-state index contributed by atoms with van der Waals surface area (Å²) in [5.41, 5.74) is 0.579. The van der Waals surface area contributed by atoms with E-state index < -0.39 is 0 Å². The van der Waals surface area contributed by atoms with Crippen molar-refractivity contribution < 1.29 is 0 Å². The monoisotopic (exact) mass is 242 g/mol. The highest BCUT2D eigenvalue weighted by Gasteiger charge is 2.37. The molecule has 0 N–H and O–H groups in total. The van der Waals surface area contributed by atoms with E-state index in [4.69, 9.17) is 0 Å². The third kappa shape index (κ3) is 2.93. The Balaban J connectivity index is 1.72. The molecule has 2 aliphatic rings. The lowest BCUT2D eigenvalue weighted by Crippen LogP contribution is -2.51. The molecule has 3 heteroatoms. The second-order valence-corrected chi connectivity index (χ2v) is 5.95. The number of hydrogen-bond donors (Lipinski definition) is 1. The Morgan fingerprint density at radius 3 is 2.12 bits per heavy atom. The largest absolute Gasteiger partial charge is 0.301 e. The van der Waals surface area contributed by atoms with Gasteiger partial charge in [-0.2, -0.15) is 12.6 Å². The van der Waals surface area contributed by atoms with Crippen LogP contribution in [0.3, 0.4) is 0 Å². The normalized spacial score (nSPS) is 26.6. The predicted octanol–water partition coefficient (Wildman–Crippen LogP) is 2.11. The molecule has 2 rings (SSSR count). The molecule has 94 valence electrons. The van der Waals surface area contributed by atoms with E-state index in [0.29, 0.717) is 5.41 Å². The molecule has 16 heavy (non-hydrogen) atoms. The van der Waals surface area contributed by atoms with Gasteiger partial charge in [-0.3, -0.25) is 0 Å². The Morgan fingerprint density at radius 2 is 1.69 bits per heavy atom. The molecule has 2 nitrogen and oxygen atoms in total. The first-order valence-electron chi connectivity index (χ1n) is 6.83. The summed E-state index contributed by atoms with van der Waals surface area (Å²) in [6, 6.07) is 0. The first-order chi connectivity index (χ1) is 7.78. The molecule has 0 aromatic heterocycles. The Labute approximate surface area is 106 Å².